The molecule has 1 aromatic heterocycles. The van der Waals surface area contributed by atoms with Gasteiger partial charge in [-0.15, -0.1) is 0 Å². The van der Waals surface area contributed by atoms with Gasteiger partial charge in [-0.1, -0.05) is 30.3 Å². The molecule has 2 atom stereocenters. The Morgan fingerprint density at radius 2 is 2.16 bits per heavy atom. The van der Waals surface area contributed by atoms with Crippen molar-refractivity contribution in [1.82, 2.24) is 9.78 Å². The van der Waals surface area contributed by atoms with E-state index < -0.39 is 5.97 Å². The molecule has 0 amide bonds. The number of nitrogens with zero attached hydrogens (tertiary/aromatic N) is 2. The van der Waals surface area contributed by atoms with Crippen molar-refractivity contribution in [3.05, 3.63) is 52.8 Å². The third-order valence-electron chi connectivity index (χ3n) is 4.21. The summed E-state index contributed by atoms with van der Waals surface area (Å²) in [7, 11) is 0. The third-order valence-corrected chi connectivity index (χ3v) is 4.21. The van der Waals surface area contributed by atoms with Gasteiger partial charge >= 0.3 is 5.97 Å². The second kappa shape index (κ2) is 3.70. The molecule has 4 nitrogen and oxygen atoms in total. The molecule has 1 fully saturated rings. The van der Waals surface area contributed by atoms with Crippen LogP contribution in [-0.2, 0) is 13.0 Å². The van der Waals surface area contributed by atoms with E-state index in [2.05, 4.69) is 5.10 Å². The number of rotatable bonds is 3. The maximum atomic E-state index is 11.3. The first-order valence-corrected chi connectivity index (χ1v) is 6.61. The molecule has 1 saturated carbocycles. The topological polar surface area (TPSA) is 55.1 Å². The van der Waals surface area contributed by atoms with Gasteiger partial charge in [0.1, 0.15) is 0 Å². The van der Waals surface area contributed by atoms with Gasteiger partial charge in [0.15, 0.2) is 5.69 Å². The summed E-state index contributed by atoms with van der Waals surface area (Å²) in [5.41, 5.74) is 3.57. The molecule has 0 saturated heterocycles. The van der Waals surface area contributed by atoms with Gasteiger partial charge in [0.2, 0.25) is 0 Å². The van der Waals surface area contributed by atoms with Gasteiger partial charge < -0.3 is 5.11 Å². The van der Waals surface area contributed by atoms with E-state index in [0.717, 1.165) is 17.5 Å². The number of carbonyl (C=O) groups is 1. The molecule has 1 aromatic carbocycles. The highest BCUT2D eigenvalue weighted by molar-refractivity contribution is 5.88. The molecule has 19 heavy (non-hydrogen) atoms. The number of carboxylic acid groups (broad SMARTS) is 1. The molecule has 4 heteroatoms. The maximum Gasteiger partial charge on any atom is 0.356 e. The van der Waals surface area contributed by atoms with Gasteiger partial charge in [-0.2, -0.15) is 5.10 Å². The first-order valence-electron chi connectivity index (χ1n) is 6.61. The fourth-order valence-corrected chi connectivity index (χ4v) is 3.25. The Labute approximate surface area is 110 Å². The quantitative estimate of drug-likeness (QED) is 0.914. The molecule has 2 aromatic rings. The lowest BCUT2D eigenvalue weighted by Crippen LogP contribution is -2.07. The first-order chi connectivity index (χ1) is 9.24. The van der Waals surface area contributed by atoms with Crippen LogP contribution in [0.5, 0.6) is 0 Å². The Bertz CT molecular complexity index is 660. The van der Waals surface area contributed by atoms with Crippen molar-refractivity contribution in [2.24, 2.45) is 5.92 Å². The van der Waals surface area contributed by atoms with Gasteiger partial charge in [-0.3, -0.25) is 4.68 Å². The lowest BCUT2D eigenvalue weighted by Gasteiger charge is -2.06. The SMILES string of the molecule is O=C(O)c1nn(Cc2ccccc2)c2c1CC1CC21. The van der Waals surface area contributed by atoms with Gasteiger partial charge in [0.25, 0.3) is 0 Å². The van der Waals surface area contributed by atoms with Crippen LogP contribution in [0, 0.1) is 5.92 Å². The average molecular weight is 254 g/mol. The van der Waals surface area contributed by atoms with Crippen molar-refractivity contribution in [3.8, 4) is 0 Å². The number of fused-ring (bicyclic) bond motifs is 3. The minimum atomic E-state index is -0.899. The summed E-state index contributed by atoms with van der Waals surface area (Å²) in [5.74, 6) is 0.330. The van der Waals surface area contributed by atoms with Crippen LogP contribution >= 0.6 is 0 Å². The predicted octanol–water partition coefficient (Wildman–Crippen LogP) is 2.29. The zero-order valence-electron chi connectivity index (χ0n) is 10.4. The fourth-order valence-electron chi connectivity index (χ4n) is 3.25. The number of carboxylic acids is 1. The summed E-state index contributed by atoms with van der Waals surface area (Å²) in [6, 6.07) is 10.1. The summed E-state index contributed by atoms with van der Waals surface area (Å²) in [5, 5.41) is 13.6. The highest BCUT2D eigenvalue weighted by Crippen LogP contribution is 2.56. The van der Waals surface area contributed by atoms with E-state index in [1.165, 1.54) is 12.1 Å². The Morgan fingerprint density at radius 1 is 1.37 bits per heavy atom. The molecule has 2 unspecified atom stereocenters. The van der Waals surface area contributed by atoms with E-state index in [9.17, 15) is 9.90 Å². The van der Waals surface area contributed by atoms with Crippen molar-refractivity contribution in [2.45, 2.75) is 25.3 Å². The third kappa shape index (κ3) is 1.59. The molecule has 2 aliphatic carbocycles. The lowest BCUT2D eigenvalue weighted by molar-refractivity contribution is 0.0688. The van der Waals surface area contributed by atoms with Gasteiger partial charge in [0, 0.05) is 17.2 Å². The Balaban J connectivity index is 1.76. The number of hydrogen-bond donors (Lipinski definition) is 1. The number of benzene rings is 1. The molecule has 0 spiro atoms. The first kappa shape index (κ1) is 10.8. The van der Waals surface area contributed by atoms with Crippen LogP contribution in [0.15, 0.2) is 30.3 Å². The lowest BCUT2D eigenvalue weighted by atomic mass is 10.1. The molecule has 1 N–H and O–H groups in total. The smallest absolute Gasteiger partial charge is 0.356 e. The second-order valence-electron chi connectivity index (χ2n) is 5.47. The second-order valence-corrected chi connectivity index (χ2v) is 5.47. The van der Waals surface area contributed by atoms with E-state index in [4.69, 9.17) is 0 Å². The van der Waals surface area contributed by atoms with E-state index in [1.807, 2.05) is 35.0 Å². The summed E-state index contributed by atoms with van der Waals surface area (Å²) in [6.07, 6.45) is 2.10. The summed E-state index contributed by atoms with van der Waals surface area (Å²) in [4.78, 5) is 11.3. The number of aromatic nitrogens is 2. The van der Waals surface area contributed by atoms with E-state index in [0.29, 0.717) is 18.4 Å². The Kier molecular flexibility index (Phi) is 2.10. The van der Waals surface area contributed by atoms with Crippen LogP contribution in [0.3, 0.4) is 0 Å². The molecular formula is C15H14N2O2. The monoisotopic (exact) mass is 254 g/mol. The summed E-state index contributed by atoms with van der Waals surface area (Å²) < 4.78 is 1.91. The molecule has 96 valence electrons. The molecule has 0 bridgehead atoms. The normalized spacial score (nSPS) is 22.9. The number of aromatic carboxylic acids is 1. The minimum Gasteiger partial charge on any atom is -0.476 e. The predicted molar refractivity (Wildman–Crippen MR) is 69.3 cm³/mol. The molecule has 4 rings (SSSR count). The van der Waals surface area contributed by atoms with Crippen molar-refractivity contribution in [3.63, 3.8) is 0 Å². The zero-order chi connectivity index (χ0) is 13.0. The van der Waals surface area contributed by atoms with E-state index in [-0.39, 0.29) is 5.69 Å². The number of hydrogen-bond acceptors (Lipinski definition) is 2. The van der Waals surface area contributed by atoms with Crippen LogP contribution in [0.2, 0.25) is 0 Å². The zero-order valence-corrected chi connectivity index (χ0v) is 10.4. The highest BCUT2D eigenvalue weighted by Gasteiger charge is 2.49. The molecule has 2 aliphatic rings. The van der Waals surface area contributed by atoms with Crippen LogP contribution in [0.4, 0.5) is 0 Å². The summed E-state index contributed by atoms with van der Waals surface area (Å²) >= 11 is 0. The van der Waals surface area contributed by atoms with Crippen LogP contribution in [0.25, 0.3) is 0 Å². The average Bonchev–Trinajstić information content (AvgIpc) is 2.92. The van der Waals surface area contributed by atoms with Crippen molar-refractivity contribution in [2.75, 3.05) is 0 Å². The molecule has 0 aliphatic heterocycles. The fraction of sp³-hybridized carbons (Fsp3) is 0.333. The highest BCUT2D eigenvalue weighted by atomic mass is 16.4. The van der Waals surface area contributed by atoms with Gasteiger partial charge in [0.05, 0.1) is 6.54 Å². The largest absolute Gasteiger partial charge is 0.476 e. The van der Waals surface area contributed by atoms with Crippen LogP contribution in [-0.4, -0.2) is 20.9 Å². The van der Waals surface area contributed by atoms with Crippen LogP contribution < -0.4 is 0 Å². The van der Waals surface area contributed by atoms with E-state index >= 15 is 0 Å². The van der Waals surface area contributed by atoms with Gasteiger partial charge in [-0.05, 0) is 24.3 Å². The molecule has 0 radical (unpaired) electrons. The molecular weight excluding hydrogens is 240 g/mol. The summed E-state index contributed by atoms with van der Waals surface area (Å²) in [6.45, 7) is 0.666. The van der Waals surface area contributed by atoms with Gasteiger partial charge in [-0.25, -0.2) is 4.79 Å². The van der Waals surface area contributed by atoms with Crippen molar-refractivity contribution < 1.29 is 9.90 Å². The van der Waals surface area contributed by atoms with Crippen molar-refractivity contribution in [1.29, 1.82) is 0 Å². The maximum absolute atomic E-state index is 11.3. The Hall–Kier alpha value is -2.10. The van der Waals surface area contributed by atoms with E-state index in [1.54, 1.807) is 0 Å². The van der Waals surface area contributed by atoms with Crippen molar-refractivity contribution >= 4 is 5.97 Å². The van der Waals surface area contributed by atoms with Crippen LogP contribution in [0.1, 0.15) is 39.6 Å². The molecule has 1 heterocycles. The minimum absolute atomic E-state index is 0.262. The standard InChI is InChI=1S/C15H14N2O2/c18-15(19)13-12-7-10-6-11(10)14(12)17(16-13)8-9-4-2-1-3-5-9/h1-5,10-11H,6-8H2,(H,18,19). The Morgan fingerprint density at radius 3 is 2.89 bits per heavy atom.